The molecule has 0 heterocycles. The quantitative estimate of drug-likeness (QED) is 0.454. The average molecular weight is 156 g/mol. The van der Waals surface area contributed by atoms with Crippen LogP contribution in [-0.2, 0) is 0 Å². The van der Waals surface area contributed by atoms with E-state index in [0.29, 0.717) is 0 Å². The zero-order valence-corrected chi connectivity index (χ0v) is 7.25. The fourth-order valence-electron chi connectivity index (χ4n) is 0.805. The average Bonchev–Trinajstić information content (AvgIpc) is 2.16. The second kappa shape index (κ2) is 4.38. The lowest BCUT2D eigenvalue weighted by Crippen LogP contribution is -1.66. The summed E-state index contributed by atoms with van der Waals surface area (Å²) in [6, 6.07) is 10.1. The predicted molar refractivity (Wildman–Crippen MR) is 53.8 cm³/mol. The van der Waals surface area contributed by atoms with Crippen LogP contribution in [0.25, 0.3) is 6.08 Å². The molecule has 12 heavy (non-hydrogen) atoms. The van der Waals surface area contributed by atoms with Crippen LogP contribution in [0.1, 0.15) is 12.5 Å². The molecule has 0 aliphatic heterocycles. The monoisotopic (exact) mass is 156 g/mol. The molecule has 0 aromatic heterocycles. The standard InChI is InChI=1S/C12H12/c1-3-11(2)9-10-12-7-5-4-6-8-12/h3-8,10H,1H2,2H3. The molecule has 0 fully saturated rings. The Balaban J connectivity index is 2.90. The number of hydrogen-bond acceptors (Lipinski definition) is 0. The number of hydrogen-bond donors (Lipinski definition) is 0. The second-order valence-electron chi connectivity index (χ2n) is 2.59. The van der Waals surface area contributed by atoms with Gasteiger partial charge in [-0.05, 0) is 24.1 Å². The van der Waals surface area contributed by atoms with E-state index >= 15 is 0 Å². The highest BCUT2D eigenvalue weighted by Gasteiger charge is 1.80. The normalized spacial score (nSPS) is 8.42. The molecule has 0 aliphatic carbocycles. The summed E-state index contributed by atoms with van der Waals surface area (Å²) in [7, 11) is 0. The molecule has 60 valence electrons. The van der Waals surface area contributed by atoms with Crippen molar-refractivity contribution in [3.8, 4) is 0 Å². The fraction of sp³-hybridized carbons (Fsp3) is 0.0833. The first-order valence-corrected chi connectivity index (χ1v) is 3.93. The van der Waals surface area contributed by atoms with E-state index in [-0.39, 0.29) is 0 Å². The Morgan fingerprint density at radius 2 is 2.00 bits per heavy atom. The SMILES string of the molecule is C=CC(C)=C=Cc1ccccc1. The van der Waals surface area contributed by atoms with E-state index in [1.807, 2.05) is 43.3 Å². The summed E-state index contributed by atoms with van der Waals surface area (Å²) in [6.07, 6.45) is 3.75. The van der Waals surface area contributed by atoms with E-state index in [0.717, 1.165) is 5.57 Å². The summed E-state index contributed by atoms with van der Waals surface area (Å²) in [5.74, 6) is 0. The summed E-state index contributed by atoms with van der Waals surface area (Å²) in [4.78, 5) is 0. The van der Waals surface area contributed by atoms with Gasteiger partial charge in [-0.25, -0.2) is 0 Å². The lowest BCUT2D eigenvalue weighted by atomic mass is 10.2. The smallest absolute Gasteiger partial charge is 0.00971 e. The molecule has 0 amide bonds. The molecular formula is C12H12. The molecule has 0 aliphatic rings. The van der Waals surface area contributed by atoms with Crippen LogP contribution < -0.4 is 0 Å². The van der Waals surface area contributed by atoms with Crippen LogP contribution in [0.5, 0.6) is 0 Å². The lowest BCUT2D eigenvalue weighted by molar-refractivity contribution is 1.56. The topological polar surface area (TPSA) is 0 Å². The summed E-state index contributed by atoms with van der Waals surface area (Å²) in [6.45, 7) is 5.63. The van der Waals surface area contributed by atoms with Crippen molar-refractivity contribution < 1.29 is 0 Å². The summed E-state index contributed by atoms with van der Waals surface area (Å²) in [5, 5.41) is 0. The van der Waals surface area contributed by atoms with Gasteiger partial charge in [-0.3, -0.25) is 0 Å². The molecule has 0 radical (unpaired) electrons. The van der Waals surface area contributed by atoms with Crippen molar-refractivity contribution in [2.24, 2.45) is 0 Å². The van der Waals surface area contributed by atoms with Gasteiger partial charge in [-0.15, -0.1) is 5.73 Å². The van der Waals surface area contributed by atoms with E-state index < -0.39 is 0 Å². The molecule has 0 N–H and O–H groups in total. The molecule has 1 rings (SSSR count). The van der Waals surface area contributed by atoms with Gasteiger partial charge in [0.25, 0.3) is 0 Å². The second-order valence-corrected chi connectivity index (χ2v) is 2.59. The van der Waals surface area contributed by atoms with Crippen LogP contribution in [-0.4, -0.2) is 0 Å². The Morgan fingerprint density at radius 3 is 2.58 bits per heavy atom. The Hall–Kier alpha value is -1.52. The molecule has 1 aromatic rings. The molecular weight excluding hydrogens is 144 g/mol. The minimum atomic E-state index is 1.05. The first kappa shape index (κ1) is 8.58. The van der Waals surface area contributed by atoms with Crippen LogP contribution in [0, 0.1) is 0 Å². The maximum absolute atomic E-state index is 3.65. The van der Waals surface area contributed by atoms with Crippen molar-refractivity contribution in [2.75, 3.05) is 0 Å². The Morgan fingerprint density at radius 1 is 1.33 bits per heavy atom. The van der Waals surface area contributed by atoms with Crippen LogP contribution in [0.15, 0.2) is 54.3 Å². The van der Waals surface area contributed by atoms with Crippen LogP contribution in [0.4, 0.5) is 0 Å². The van der Waals surface area contributed by atoms with Crippen molar-refractivity contribution in [2.45, 2.75) is 6.92 Å². The van der Waals surface area contributed by atoms with Gasteiger partial charge in [0.1, 0.15) is 0 Å². The molecule has 0 spiro atoms. The first-order valence-electron chi connectivity index (χ1n) is 3.93. The molecule has 0 bridgehead atoms. The van der Waals surface area contributed by atoms with E-state index in [9.17, 15) is 0 Å². The summed E-state index contributed by atoms with van der Waals surface area (Å²) in [5.41, 5.74) is 5.34. The molecule has 0 saturated carbocycles. The predicted octanol–water partition coefficient (Wildman–Crippen LogP) is 3.43. The molecule has 0 heteroatoms. The Bertz CT molecular complexity index is 311. The number of allylic oxidation sites excluding steroid dienone is 2. The fourth-order valence-corrected chi connectivity index (χ4v) is 0.805. The molecule has 0 atom stereocenters. The van der Waals surface area contributed by atoms with Gasteiger partial charge in [0.2, 0.25) is 0 Å². The van der Waals surface area contributed by atoms with Crippen LogP contribution >= 0.6 is 0 Å². The van der Waals surface area contributed by atoms with Gasteiger partial charge in [0.15, 0.2) is 0 Å². The van der Waals surface area contributed by atoms with Gasteiger partial charge >= 0.3 is 0 Å². The third-order valence-electron chi connectivity index (χ3n) is 1.57. The highest BCUT2D eigenvalue weighted by molar-refractivity contribution is 5.49. The Kier molecular flexibility index (Phi) is 3.13. The highest BCUT2D eigenvalue weighted by Crippen LogP contribution is 2.00. The minimum Gasteiger partial charge on any atom is -0.117 e. The Labute approximate surface area is 73.6 Å². The zero-order chi connectivity index (χ0) is 8.81. The van der Waals surface area contributed by atoms with Gasteiger partial charge in [-0.2, -0.15) is 0 Å². The van der Waals surface area contributed by atoms with Gasteiger partial charge < -0.3 is 0 Å². The third-order valence-corrected chi connectivity index (χ3v) is 1.57. The maximum Gasteiger partial charge on any atom is -0.00971 e. The molecule has 0 nitrogen and oxygen atoms in total. The lowest BCUT2D eigenvalue weighted by Gasteiger charge is -1.87. The van der Waals surface area contributed by atoms with E-state index in [1.165, 1.54) is 5.56 Å². The number of rotatable bonds is 2. The highest BCUT2D eigenvalue weighted by atomic mass is 13.8. The van der Waals surface area contributed by atoms with Crippen LogP contribution in [0.2, 0.25) is 0 Å². The third kappa shape index (κ3) is 2.61. The van der Waals surface area contributed by atoms with Gasteiger partial charge in [0.05, 0.1) is 0 Å². The van der Waals surface area contributed by atoms with E-state index in [4.69, 9.17) is 0 Å². The number of benzene rings is 1. The molecule has 1 aromatic carbocycles. The van der Waals surface area contributed by atoms with Crippen LogP contribution in [0.3, 0.4) is 0 Å². The molecule has 0 saturated heterocycles. The van der Waals surface area contributed by atoms with Crippen molar-refractivity contribution in [1.82, 2.24) is 0 Å². The van der Waals surface area contributed by atoms with E-state index in [2.05, 4.69) is 12.3 Å². The summed E-state index contributed by atoms with van der Waals surface area (Å²) < 4.78 is 0. The summed E-state index contributed by atoms with van der Waals surface area (Å²) >= 11 is 0. The minimum absolute atomic E-state index is 1.05. The van der Waals surface area contributed by atoms with Crippen molar-refractivity contribution in [1.29, 1.82) is 0 Å². The van der Waals surface area contributed by atoms with Gasteiger partial charge in [0, 0.05) is 0 Å². The van der Waals surface area contributed by atoms with E-state index in [1.54, 1.807) is 6.08 Å². The van der Waals surface area contributed by atoms with Crippen molar-refractivity contribution in [3.05, 3.63) is 59.9 Å². The zero-order valence-electron chi connectivity index (χ0n) is 7.25. The van der Waals surface area contributed by atoms with Gasteiger partial charge in [-0.1, -0.05) is 43.0 Å². The van der Waals surface area contributed by atoms with Crippen molar-refractivity contribution >= 4 is 6.08 Å². The largest absolute Gasteiger partial charge is 0.117 e. The molecule has 0 unspecified atom stereocenters. The van der Waals surface area contributed by atoms with Crippen molar-refractivity contribution in [3.63, 3.8) is 0 Å². The first-order chi connectivity index (χ1) is 5.83. The maximum atomic E-state index is 3.65.